The minimum Gasteiger partial charge on any atom is -0.378 e. The molecule has 7 aromatic rings. The van der Waals surface area contributed by atoms with Crippen molar-refractivity contribution in [2.75, 3.05) is 67.7 Å². The summed E-state index contributed by atoms with van der Waals surface area (Å²) < 4.78 is 11.2. The van der Waals surface area contributed by atoms with Crippen molar-refractivity contribution in [3.63, 3.8) is 0 Å². The van der Waals surface area contributed by atoms with Gasteiger partial charge in [-0.2, -0.15) is 0 Å². The number of rotatable bonds is 6. The number of hydrogen-bond acceptors (Lipinski definition) is 7. The monoisotopic (exact) mass is 733 g/mol. The number of anilines is 4. The molecule has 1 N–H and O–H groups in total. The third-order valence-corrected chi connectivity index (χ3v) is 10.7. The maximum absolute atomic E-state index is 6.44. The Labute approximate surface area is 322 Å². The van der Waals surface area contributed by atoms with Gasteiger partial charge in [-0.1, -0.05) is 109 Å². The Morgan fingerprint density at radius 3 is 1.67 bits per heavy atom. The lowest BCUT2D eigenvalue weighted by Crippen LogP contribution is -2.37. The molecule has 0 unspecified atom stereocenters. The van der Waals surface area contributed by atoms with Crippen LogP contribution in [0.25, 0.3) is 44.3 Å². The number of morpholine rings is 2. The number of hydrogen-bond donors (Lipinski definition) is 1. The number of aromatic nitrogens is 2. The fourth-order valence-corrected chi connectivity index (χ4v) is 7.60. The van der Waals surface area contributed by atoms with Crippen LogP contribution < -0.4 is 15.1 Å². The van der Waals surface area contributed by atoms with E-state index in [9.17, 15) is 0 Å². The maximum Gasteiger partial charge on any atom is 0.0759 e. The van der Waals surface area contributed by atoms with Gasteiger partial charge in [-0.3, -0.25) is 0 Å². The van der Waals surface area contributed by atoms with Gasteiger partial charge in [-0.05, 0) is 55.3 Å². The molecular formula is C46H44ClN5O2. The molecule has 4 heterocycles. The summed E-state index contributed by atoms with van der Waals surface area (Å²) in [7, 11) is 0. The summed E-state index contributed by atoms with van der Waals surface area (Å²) in [4.78, 5) is 14.6. The molecule has 0 amide bonds. The average molecular weight is 734 g/mol. The van der Waals surface area contributed by atoms with Crippen LogP contribution in [0.1, 0.15) is 11.1 Å². The molecule has 54 heavy (non-hydrogen) atoms. The van der Waals surface area contributed by atoms with Gasteiger partial charge in [0.15, 0.2) is 0 Å². The van der Waals surface area contributed by atoms with Gasteiger partial charge in [0, 0.05) is 53.8 Å². The molecule has 0 bridgehead atoms. The average Bonchev–Trinajstić information content (AvgIpc) is 3.24. The van der Waals surface area contributed by atoms with E-state index in [1.54, 1.807) is 0 Å². The van der Waals surface area contributed by atoms with E-state index in [0.717, 1.165) is 124 Å². The van der Waals surface area contributed by atoms with E-state index < -0.39 is 0 Å². The van der Waals surface area contributed by atoms with Crippen molar-refractivity contribution in [3.05, 3.63) is 144 Å². The Morgan fingerprint density at radius 2 is 1.06 bits per heavy atom. The summed E-state index contributed by atoms with van der Waals surface area (Å²) in [5.41, 5.74) is 12.9. The van der Waals surface area contributed by atoms with Crippen molar-refractivity contribution in [1.29, 1.82) is 0 Å². The number of nitrogens with one attached hydrogen (secondary N) is 1. The van der Waals surface area contributed by atoms with Crippen molar-refractivity contribution in [2.45, 2.75) is 13.8 Å². The molecule has 2 aliphatic heterocycles. The van der Waals surface area contributed by atoms with Gasteiger partial charge in [0.2, 0.25) is 0 Å². The van der Waals surface area contributed by atoms with E-state index in [0.29, 0.717) is 0 Å². The first-order valence-electron chi connectivity index (χ1n) is 18.7. The highest BCUT2D eigenvalue weighted by atomic mass is 35.5. The summed E-state index contributed by atoms with van der Waals surface area (Å²) >= 11 is 6.44. The highest BCUT2D eigenvalue weighted by Gasteiger charge is 2.21. The van der Waals surface area contributed by atoms with Crippen molar-refractivity contribution in [3.8, 4) is 22.5 Å². The first-order valence-corrected chi connectivity index (χ1v) is 19.0. The lowest BCUT2D eigenvalue weighted by molar-refractivity contribution is 0.122. The molecule has 0 radical (unpaired) electrons. The summed E-state index contributed by atoms with van der Waals surface area (Å²) in [5, 5.41) is 6.82. The maximum atomic E-state index is 6.44. The molecule has 0 saturated carbocycles. The molecule has 272 valence electrons. The van der Waals surface area contributed by atoms with Gasteiger partial charge in [-0.25, -0.2) is 9.97 Å². The minimum atomic E-state index is 0.750. The lowest BCUT2D eigenvalue weighted by atomic mass is 10.0. The molecule has 5 aromatic carbocycles. The van der Waals surface area contributed by atoms with E-state index in [4.69, 9.17) is 31.0 Å². The van der Waals surface area contributed by atoms with E-state index in [1.807, 2.05) is 55.5 Å². The molecule has 2 aromatic heterocycles. The van der Waals surface area contributed by atoms with Crippen LogP contribution in [0.4, 0.5) is 22.7 Å². The van der Waals surface area contributed by atoms with Gasteiger partial charge in [-0.15, -0.1) is 0 Å². The van der Waals surface area contributed by atoms with Crippen molar-refractivity contribution in [1.82, 2.24) is 9.97 Å². The Kier molecular flexibility index (Phi) is 10.7. The van der Waals surface area contributed by atoms with E-state index in [-0.39, 0.29) is 0 Å². The normalized spacial score (nSPS) is 14.5. The minimum absolute atomic E-state index is 0.750. The Bertz CT molecular complexity index is 2380. The van der Waals surface area contributed by atoms with Crippen LogP contribution in [0, 0.1) is 13.8 Å². The van der Waals surface area contributed by atoms with Crippen LogP contribution in [-0.2, 0) is 9.47 Å². The van der Waals surface area contributed by atoms with Gasteiger partial charge < -0.3 is 24.6 Å². The largest absolute Gasteiger partial charge is 0.378 e. The number of fused-ring (bicyclic) bond motifs is 2. The molecule has 0 atom stereocenters. The Balaban J connectivity index is 0.000000192. The number of pyridine rings is 2. The lowest BCUT2D eigenvalue weighted by Gasteiger charge is -2.33. The Morgan fingerprint density at radius 1 is 0.556 bits per heavy atom. The third-order valence-electron chi connectivity index (χ3n) is 10.3. The standard InChI is InChI=1S/C30H32N4O2.C16H12ClN/c1-22-29(23-7-3-2-4-8-23)31-26-10-6-5-9-25(26)30(22)32-27-21-24(33-13-17-35-18-14-33)11-12-28(27)34-15-19-36-20-16-34;1-11-15(17)13-9-5-6-10-14(13)18-16(11)12-7-3-2-4-8-12/h2-12,21H,13-20H2,1H3,(H,31,32);2-10H,1H3. The van der Waals surface area contributed by atoms with Crippen molar-refractivity contribution >= 4 is 56.2 Å². The van der Waals surface area contributed by atoms with E-state index >= 15 is 0 Å². The molecular weight excluding hydrogens is 690 g/mol. The molecule has 9 rings (SSSR count). The van der Waals surface area contributed by atoms with Crippen LogP contribution in [0.2, 0.25) is 5.02 Å². The molecule has 2 aliphatic rings. The summed E-state index contributed by atoms with van der Waals surface area (Å²) in [6.45, 7) is 10.8. The fourth-order valence-electron chi connectivity index (χ4n) is 7.35. The van der Waals surface area contributed by atoms with Gasteiger partial charge in [0.25, 0.3) is 0 Å². The van der Waals surface area contributed by atoms with Crippen LogP contribution in [0.5, 0.6) is 0 Å². The number of nitrogens with zero attached hydrogens (tertiary/aromatic N) is 4. The number of ether oxygens (including phenoxy) is 2. The predicted octanol–water partition coefficient (Wildman–Crippen LogP) is 10.5. The zero-order valence-electron chi connectivity index (χ0n) is 30.8. The number of halogens is 1. The zero-order valence-corrected chi connectivity index (χ0v) is 31.5. The van der Waals surface area contributed by atoms with E-state index in [1.165, 1.54) is 11.4 Å². The van der Waals surface area contributed by atoms with Gasteiger partial charge >= 0.3 is 0 Å². The molecule has 0 aliphatic carbocycles. The van der Waals surface area contributed by atoms with Crippen LogP contribution in [0.15, 0.2) is 127 Å². The quantitative estimate of drug-likeness (QED) is 0.183. The zero-order chi connectivity index (χ0) is 36.9. The van der Waals surface area contributed by atoms with Gasteiger partial charge in [0.1, 0.15) is 0 Å². The smallest absolute Gasteiger partial charge is 0.0759 e. The van der Waals surface area contributed by atoms with Crippen molar-refractivity contribution in [2.24, 2.45) is 0 Å². The van der Waals surface area contributed by atoms with Crippen LogP contribution >= 0.6 is 11.6 Å². The summed E-state index contributed by atoms with van der Waals surface area (Å²) in [6.07, 6.45) is 0. The fraction of sp³-hybridized carbons (Fsp3) is 0.217. The SMILES string of the molecule is Cc1c(-c2ccccc2)nc2ccccc2c1Cl.Cc1c(-c2ccccc2)nc2ccccc2c1Nc1cc(N2CCOCC2)ccc1N1CCOCC1. The molecule has 0 spiro atoms. The summed E-state index contributed by atoms with van der Waals surface area (Å²) in [5.74, 6) is 0. The van der Waals surface area contributed by atoms with Gasteiger partial charge in [0.05, 0.1) is 70.9 Å². The van der Waals surface area contributed by atoms with E-state index in [2.05, 4.69) is 101 Å². The van der Waals surface area contributed by atoms with Crippen LogP contribution in [0.3, 0.4) is 0 Å². The molecule has 7 nitrogen and oxygen atoms in total. The molecule has 8 heteroatoms. The summed E-state index contributed by atoms with van der Waals surface area (Å²) in [6, 6.07) is 43.8. The van der Waals surface area contributed by atoms with Crippen molar-refractivity contribution < 1.29 is 9.47 Å². The number of benzene rings is 5. The predicted molar refractivity (Wildman–Crippen MR) is 225 cm³/mol. The first-order chi connectivity index (χ1) is 26.5. The molecule has 2 saturated heterocycles. The van der Waals surface area contributed by atoms with Crippen LogP contribution in [-0.4, -0.2) is 62.6 Å². The number of para-hydroxylation sites is 2. The second kappa shape index (κ2) is 16.3. The second-order valence-corrected chi connectivity index (χ2v) is 14.0. The Hall–Kier alpha value is -5.47. The highest BCUT2D eigenvalue weighted by Crippen LogP contribution is 2.40. The second-order valence-electron chi connectivity index (χ2n) is 13.7. The third kappa shape index (κ3) is 7.48. The molecule has 2 fully saturated rings. The topological polar surface area (TPSA) is 62.8 Å². The first kappa shape index (κ1) is 35.6. The highest BCUT2D eigenvalue weighted by molar-refractivity contribution is 6.36.